The van der Waals surface area contributed by atoms with Crippen LogP contribution < -0.4 is 5.32 Å². The Morgan fingerprint density at radius 3 is 2.92 bits per heavy atom. The Balaban J connectivity index is 2.55. The topological polar surface area (TPSA) is 92.7 Å². The summed E-state index contributed by atoms with van der Waals surface area (Å²) in [5.74, 6) is -2.32. The Kier molecular flexibility index (Phi) is 2.27. The summed E-state index contributed by atoms with van der Waals surface area (Å²) in [5.41, 5.74) is 0. The number of hydrogen-bond acceptors (Lipinski definition) is 4. The minimum Gasteiger partial charge on any atom is -0.481 e. The van der Waals surface area contributed by atoms with E-state index in [1.54, 1.807) is 0 Å². The van der Waals surface area contributed by atoms with E-state index in [9.17, 15) is 14.4 Å². The summed E-state index contributed by atoms with van der Waals surface area (Å²) in [5, 5.41) is 10.5. The van der Waals surface area contributed by atoms with E-state index in [1.165, 1.54) is 0 Å². The van der Waals surface area contributed by atoms with Crippen LogP contribution in [0.5, 0.6) is 0 Å². The van der Waals surface area contributed by atoms with Gasteiger partial charge < -0.3 is 15.2 Å². The van der Waals surface area contributed by atoms with Gasteiger partial charge in [0.15, 0.2) is 6.61 Å². The highest BCUT2D eigenvalue weighted by atomic mass is 16.5. The van der Waals surface area contributed by atoms with E-state index in [-0.39, 0.29) is 6.61 Å². The molecule has 0 aromatic rings. The SMILES string of the molecule is O=C(O)CC1NC(=O)COC1=O. The van der Waals surface area contributed by atoms with Gasteiger partial charge in [0.05, 0.1) is 6.42 Å². The monoisotopic (exact) mass is 173 g/mol. The van der Waals surface area contributed by atoms with Gasteiger partial charge in [-0.1, -0.05) is 0 Å². The molecule has 2 N–H and O–H groups in total. The molecule has 0 radical (unpaired) electrons. The van der Waals surface area contributed by atoms with Crippen LogP contribution in [0.1, 0.15) is 6.42 Å². The molecule has 0 bridgehead atoms. The fourth-order valence-electron chi connectivity index (χ4n) is 0.841. The van der Waals surface area contributed by atoms with Crippen molar-refractivity contribution in [3.63, 3.8) is 0 Å². The average Bonchev–Trinajstić information content (AvgIpc) is 1.96. The molecule has 1 atom stereocenters. The van der Waals surface area contributed by atoms with Gasteiger partial charge in [-0.25, -0.2) is 4.79 Å². The summed E-state index contributed by atoms with van der Waals surface area (Å²) < 4.78 is 4.39. The van der Waals surface area contributed by atoms with Gasteiger partial charge in [0.1, 0.15) is 6.04 Å². The predicted molar refractivity (Wildman–Crippen MR) is 35.1 cm³/mol. The zero-order valence-electron chi connectivity index (χ0n) is 6.07. The zero-order valence-corrected chi connectivity index (χ0v) is 6.07. The third-order valence-corrected chi connectivity index (χ3v) is 1.34. The summed E-state index contributed by atoms with van der Waals surface area (Å²) in [4.78, 5) is 31.6. The highest BCUT2D eigenvalue weighted by Gasteiger charge is 2.29. The van der Waals surface area contributed by atoms with E-state index < -0.39 is 30.3 Å². The zero-order chi connectivity index (χ0) is 9.14. The number of carbonyl (C=O) groups is 3. The number of carbonyl (C=O) groups excluding carboxylic acids is 2. The first-order valence-electron chi connectivity index (χ1n) is 3.27. The number of rotatable bonds is 2. The number of carboxylic acid groups (broad SMARTS) is 1. The van der Waals surface area contributed by atoms with E-state index in [4.69, 9.17) is 5.11 Å². The third-order valence-electron chi connectivity index (χ3n) is 1.34. The van der Waals surface area contributed by atoms with Crippen molar-refractivity contribution in [1.29, 1.82) is 0 Å². The Labute approximate surface area is 67.5 Å². The van der Waals surface area contributed by atoms with Crippen LogP contribution in [0.15, 0.2) is 0 Å². The molecule has 1 rings (SSSR count). The molecule has 0 saturated carbocycles. The van der Waals surface area contributed by atoms with Crippen molar-refractivity contribution in [3.8, 4) is 0 Å². The van der Waals surface area contributed by atoms with Gasteiger partial charge in [0, 0.05) is 0 Å². The highest BCUT2D eigenvalue weighted by molar-refractivity contribution is 5.92. The van der Waals surface area contributed by atoms with Crippen molar-refractivity contribution in [3.05, 3.63) is 0 Å². The lowest BCUT2D eigenvalue weighted by molar-refractivity contribution is -0.159. The van der Waals surface area contributed by atoms with Crippen LogP contribution in [0.25, 0.3) is 0 Å². The second kappa shape index (κ2) is 3.21. The molecular weight excluding hydrogens is 166 g/mol. The first kappa shape index (κ1) is 8.51. The maximum absolute atomic E-state index is 10.8. The summed E-state index contributed by atoms with van der Waals surface area (Å²) in [6.45, 7) is -0.324. The summed E-state index contributed by atoms with van der Waals surface area (Å²) in [7, 11) is 0. The Morgan fingerprint density at radius 1 is 1.67 bits per heavy atom. The van der Waals surface area contributed by atoms with Crippen LogP contribution in [0.3, 0.4) is 0 Å². The third kappa shape index (κ3) is 1.94. The van der Waals surface area contributed by atoms with Crippen LogP contribution >= 0.6 is 0 Å². The van der Waals surface area contributed by atoms with E-state index in [0.717, 1.165) is 0 Å². The molecule has 6 heteroatoms. The molecule has 1 aliphatic heterocycles. The van der Waals surface area contributed by atoms with Crippen LogP contribution in [-0.2, 0) is 19.1 Å². The van der Waals surface area contributed by atoms with Crippen molar-refractivity contribution < 1.29 is 24.2 Å². The second-order valence-electron chi connectivity index (χ2n) is 2.33. The number of cyclic esters (lactones) is 1. The minimum atomic E-state index is -1.15. The van der Waals surface area contributed by atoms with E-state index >= 15 is 0 Å². The summed E-state index contributed by atoms with van der Waals surface area (Å²) in [6.07, 6.45) is -0.440. The van der Waals surface area contributed by atoms with Gasteiger partial charge >= 0.3 is 11.9 Å². The van der Waals surface area contributed by atoms with Crippen molar-refractivity contribution in [2.24, 2.45) is 0 Å². The number of carboxylic acids is 1. The molecule has 1 saturated heterocycles. The van der Waals surface area contributed by atoms with Gasteiger partial charge in [0.2, 0.25) is 0 Å². The quantitative estimate of drug-likeness (QED) is 0.496. The number of nitrogens with one attached hydrogen (secondary N) is 1. The molecule has 1 unspecified atom stereocenters. The van der Waals surface area contributed by atoms with E-state index in [1.807, 2.05) is 0 Å². The molecule has 66 valence electrons. The standard InChI is InChI=1S/C6H7NO5/c8-4-2-12-6(11)3(7-4)1-5(9)10/h3H,1-2H2,(H,7,8)(H,9,10). The number of esters is 1. The number of aliphatic carboxylic acids is 1. The van der Waals surface area contributed by atoms with Crippen molar-refractivity contribution >= 4 is 17.8 Å². The van der Waals surface area contributed by atoms with Gasteiger partial charge in [0.25, 0.3) is 5.91 Å². The molecule has 12 heavy (non-hydrogen) atoms. The van der Waals surface area contributed by atoms with Crippen LogP contribution in [0.4, 0.5) is 0 Å². The van der Waals surface area contributed by atoms with Gasteiger partial charge in [-0.05, 0) is 0 Å². The minimum absolute atomic E-state index is 0.324. The summed E-state index contributed by atoms with van der Waals surface area (Å²) in [6, 6.07) is -1.04. The molecule has 1 amide bonds. The predicted octanol–water partition coefficient (Wildman–Crippen LogP) is -1.50. The normalized spacial score (nSPS) is 22.8. The Bertz CT molecular complexity index is 234. The number of morpholine rings is 1. The van der Waals surface area contributed by atoms with E-state index in [0.29, 0.717) is 0 Å². The van der Waals surface area contributed by atoms with E-state index in [2.05, 4.69) is 10.1 Å². The molecule has 6 nitrogen and oxygen atoms in total. The Morgan fingerprint density at radius 2 is 2.33 bits per heavy atom. The van der Waals surface area contributed by atoms with Gasteiger partial charge in [-0.3, -0.25) is 9.59 Å². The molecule has 0 aromatic heterocycles. The van der Waals surface area contributed by atoms with Crippen molar-refractivity contribution in [2.75, 3.05) is 6.61 Å². The maximum atomic E-state index is 10.8. The highest BCUT2D eigenvalue weighted by Crippen LogP contribution is 2.00. The molecule has 0 aliphatic carbocycles. The molecule has 1 fully saturated rings. The first-order chi connectivity index (χ1) is 5.59. The number of ether oxygens (including phenoxy) is 1. The maximum Gasteiger partial charge on any atom is 0.329 e. The van der Waals surface area contributed by atoms with Crippen LogP contribution in [0, 0.1) is 0 Å². The van der Waals surface area contributed by atoms with Crippen LogP contribution in [-0.4, -0.2) is 35.6 Å². The van der Waals surface area contributed by atoms with Gasteiger partial charge in [-0.2, -0.15) is 0 Å². The van der Waals surface area contributed by atoms with Gasteiger partial charge in [-0.15, -0.1) is 0 Å². The molecule has 1 heterocycles. The first-order valence-corrected chi connectivity index (χ1v) is 3.27. The Hall–Kier alpha value is -1.59. The van der Waals surface area contributed by atoms with Crippen LogP contribution in [0.2, 0.25) is 0 Å². The summed E-state index contributed by atoms with van der Waals surface area (Å²) >= 11 is 0. The fourth-order valence-corrected chi connectivity index (χ4v) is 0.841. The smallest absolute Gasteiger partial charge is 0.329 e. The average molecular weight is 173 g/mol. The lowest BCUT2D eigenvalue weighted by atomic mass is 10.2. The fraction of sp³-hybridized carbons (Fsp3) is 0.500. The van der Waals surface area contributed by atoms with Crippen molar-refractivity contribution in [2.45, 2.75) is 12.5 Å². The number of hydrogen-bond donors (Lipinski definition) is 2. The lowest BCUT2D eigenvalue weighted by Crippen LogP contribution is -2.49. The molecule has 0 spiro atoms. The largest absolute Gasteiger partial charge is 0.481 e. The molecule has 1 aliphatic rings. The molecule has 0 aromatic carbocycles. The lowest BCUT2D eigenvalue weighted by Gasteiger charge is -2.20. The molecular formula is C6H7NO5. The number of amides is 1. The van der Waals surface area contributed by atoms with Crippen molar-refractivity contribution in [1.82, 2.24) is 5.32 Å². The second-order valence-corrected chi connectivity index (χ2v) is 2.33.